The SMILES string of the molecule is CC(C)(O)C(=O)c1ccc2oc3ccccc3c(=O)c(=O)c2c1. The standard InChI is InChI=1S/C18H14O5/c1-18(2,22)17(21)10-7-8-14-12(9-10)16(20)15(19)11-5-3-4-6-13(11)23-14/h3-9,22H,1-2H3. The van der Waals surface area contributed by atoms with Gasteiger partial charge in [0.05, 0.1) is 10.8 Å². The lowest BCUT2D eigenvalue weighted by atomic mass is 9.96. The number of hydrogen-bond donors (Lipinski definition) is 1. The van der Waals surface area contributed by atoms with Crippen LogP contribution in [0.25, 0.3) is 21.9 Å². The molecule has 1 N–H and O–H groups in total. The Morgan fingerprint density at radius 2 is 1.57 bits per heavy atom. The Morgan fingerprint density at radius 3 is 2.26 bits per heavy atom. The van der Waals surface area contributed by atoms with E-state index >= 15 is 0 Å². The second-order valence-electron chi connectivity index (χ2n) is 5.86. The summed E-state index contributed by atoms with van der Waals surface area (Å²) in [6, 6.07) is 10.7. The van der Waals surface area contributed by atoms with Crippen LogP contribution < -0.4 is 10.9 Å². The molecule has 116 valence electrons. The van der Waals surface area contributed by atoms with E-state index in [9.17, 15) is 19.5 Å². The molecule has 0 fully saturated rings. The van der Waals surface area contributed by atoms with Crippen molar-refractivity contribution in [3.05, 3.63) is 68.5 Å². The summed E-state index contributed by atoms with van der Waals surface area (Å²) >= 11 is 0. The molecular formula is C18H14O5. The number of aliphatic hydroxyl groups is 1. The second-order valence-corrected chi connectivity index (χ2v) is 5.86. The monoisotopic (exact) mass is 310 g/mol. The third-order valence-corrected chi connectivity index (χ3v) is 3.60. The van der Waals surface area contributed by atoms with Gasteiger partial charge in [0.25, 0.3) is 0 Å². The summed E-state index contributed by atoms with van der Waals surface area (Å²) in [5.41, 5.74) is -2.35. The molecule has 0 aliphatic heterocycles. The van der Waals surface area contributed by atoms with E-state index in [0.29, 0.717) is 5.58 Å². The fourth-order valence-corrected chi connectivity index (χ4v) is 2.40. The number of carbonyl (C=O) groups excluding carboxylic acids is 1. The minimum Gasteiger partial charge on any atom is -0.456 e. The molecule has 0 radical (unpaired) electrons. The van der Waals surface area contributed by atoms with Crippen LogP contribution in [0.5, 0.6) is 0 Å². The van der Waals surface area contributed by atoms with Gasteiger partial charge in [0, 0.05) is 5.56 Å². The minimum atomic E-state index is -1.57. The highest BCUT2D eigenvalue weighted by molar-refractivity contribution is 6.04. The van der Waals surface area contributed by atoms with Gasteiger partial charge in [0.1, 0.15) is 16.8 Å². The first-order valence-electron chi connectivity index (χ1n) is 7.06. The number of rotatable bonds is 2. The van der Waals surface area contributed by atoms with Crippen molar-refractivity contribution >= 4 is 27.7 Å². The van der Waals surface area contributed by atoms with Gasteiger partial charge in [-0.05, 0) is 44.2 Å². The number of Topliss-reactive ketones (excluding diaryl/α,β-unsaturated/α-hetero) is 1. The van der Waals surface area contributed by atoms with Gasteiger partial charge >= 0.3 is 0 Å². The summed E-state index contributed by atoms with van der Waals surface area (Å²) in [7, 11) is 0. The number of ketones is 1. The number of benzene rings is 2. The molecule has 0 bridgehead atoms. The summed E-state index contributed by atoms with van der Waals surface area (Å²) in [5.74, 6) is -0.540. The van der Waals surface area contributed by atoms with Crippen LogP contribution in [0.15, 0.2) is 56.5 Å². The summed E-state index contributed by atoms with van der Waals surface area (Å²) < 4.78 is 5.65. The fraction of sp³-hybridized carbons (Fsp3) is 0.167. The maximum atomic E-state index is 12.4. The molecule has 0 aliphatic rings. The number of carbonyl (C=O) groups is 1. The Balaban J connectivity index is 2.43. The lowest BCUT2D eigenvalue weighted by Gasteiger charge is -2.15. The molecule has 2 aromatic carbocycles. The van der Waals surface area contributed by atoms with Crippen molar-refractivity contribution in [2.45, 2.75) is 19.4 Å². The molecule has 0 amide bonds. The minimum absolute atomic E-state index is 0.0151. The highest BCUT2D eigenvalue weighted by atomic mass is 16.3. The predicted octanol–water partition coefficient (Wildman–Crippen LogP) is 2.26. The largest absolute Gasteiger partial charge is 0.456 e. The molecular weight excluding hydrogens is 296 g/mol. The Bertz CT molecular complexity index is 1050. The van der Waals surface area contributed by atoms with Crippen LogP contribution in [-0.4, -0.2) is 16.5 Å². The zero-order valence-corrected chi connectivity index (χ0v) is 12.6. The van der Waals surface area contributed by atoms with Crippen LogP contribution in [0, 0.1) is 0 Å². The first kappa shape index (κ1) is 15.1. The second kappa shape index (κ2) is 5.14. The number of fused-ring (bicyclic) bond motifs is 2. The highest BCUT2D eigenvalue weighted by Gasteiger charge is 2.25. The van der Waals surface area contributed by atoms with Gasteiger partial charge in [0.15, 0.2) is 5.78 Å². The first-order valence-corrected chi connectivity index (χ1v) is 7.06. The Kier molecular flexibility index (Phi) is 3.38. The van der Waals surface area contributed by atoms with Gasteiger partial charge in [-0.25, -0.2) is 0 Å². The van der Waals surface area contributed by atoms with Gasteiger partial charge in [-0.1, -0.05) is 12.1 Å². The average Bonchev–Trinajstić information content (AvgIpc) is 2.62. The summed E-state index contributed by atoms with van der Waals surface area (Å²) in [5, 5.41) is 10.0. The van der Waals surface area contributed by atoms with Crippen molar-refractivity contribution in [1.82, 2.24) is 0 Å². The summed E-state index contributed by atoms with van der Waals surface area (Å²) in [4.78, 5) is 36.9. The third-order valence-electron chi connectivity index (χ3n) is 3.60. The van der Waals surface area contributed by atoms with Crippen LogP contribution in [0.4, 0.5) is 0 Å². The molecule has 0 saturated heterocycles. The molecule has 1 heterocycles. The quantitative estimate of drug-likeness (QED) is 0.580. The van der Waals surface area contributed by atoms with Gasteiger partial charge < -0.3 is 9.52 Å². The van der Waals surface area contributed by atoms with E-state index in [-0.39, 0.29) is 21.9 Å². The van der Waals surface area contributed by atoms with Gasteiger partial charge in [-0.15, -0.1) is 0 Å². The Hall–Kier alpha value is -2.79. The van der Waals surface area contributed by atoms with E-state index in [1.807, 2.05) is 0 Å². The van der Waals surface area contributed by atoms with E-state index in [1.165, 1.54) is 38.1 Å². The summed E-state index contributed by atoms with van der Waals surface area (Å²) in [6.07, 6.45) is 0. The molecule has 5 heteroatoms. The molecule has 0 saturated carbocycles. The maximum absolute atomic E-state index is 12.4. The fourth-order valence-electron chi connectivity index (χ4n) is 2.40. The van der Waals surface area contributed by atoms with Crippen molar-refractivity contribution in [2.24, 2.45) is 0 Å². The van der Waals surface area contributed by atoms with Crippen molar-refractivity contribution in [2.75, 3.05) is 0 Å². The predicted molar refractivity (Wildman–Crippen MR) is 86.9 cm³/mol. The molecule has 5 nitrogen and oxygen atoms in total. The van der Waals surface area contributed by atoms with E-state index in [1.54, 1.807) is 18.2 Å². The lowest BCUT2D eigenvalue weighted by Crippen LogP contribution is -2.31. The van der Waals surface area contributed by atoms with Crippen molar-refractivity contribution in [3.8, 4) is 0 Å². The zero-order chi connectivity index (χ0) is 16.8. The van der Waals surface area contributed by atoms with Crippen molar-refractivity contribution in [1.29, 1.82) is 0 Å². The van der Waals surface area contributed by atoms with Crippen LogP contribution >= 0.6 is 0 Å². The van der Waals surface area contributed by atoms with E-state index in [4.69, 9.17) is 4.42 Å². The highest BCUT2D eigenvalue weighted by Crippen LogP contribution is 2.19. The average molecular weight is 310 g/mol. The molecule has 23 heavy (non-hydrogen) atoms. The van der Waals surface area contributed by atoms with Crippen LogP contribution in [0.1, 0.15) is 24.2 Å². The molecule has 3 aromatic rings. The van der Waals surface area contributed by atoms with E-state index in [0.717, 1.165) is 0 Å². The van der Waals surface area contributed by atoms with Gasteiger partial charge in [0.2, 0.25) is 10.9 Å². The topological polar surface area (TPSA) is 84.6 Å². The third kappa shape index (κ3) is 2.55. The van der Waals surface area contributed by atoms with Gasteiger partial charge in [-0.2, -0.15) is 0 Å². The normalized spacial score (nSPS) is 11.8. The molecule has 1 aromatic heterocycles. The first-order chi connectivity index (χ1) is 10.8. The zero-order valence-electron chi connectivity index (χ0n) is 12.6. The molecule has 0 aliphatic carbocycles. The molecule has 0 spiro atoms. The Morgan fingerprint density at radius 1 is 0.957 bits per heavy atom. The smallest absolute Gasteiger partial charge is 0.237 e. The summed E-state index contributed by atoms with van der Waals surface area (Å²) in [6.45, 7) is 2.72. The van der Waals surface area contributed by atoms with E-state index < -0.39 is 22.2 Å². The van der Waals surface area contributed by atoms with Crippen LogP contribution in [0.2, 0.25) is 0 Å². The number of hydrogen-bond acceptors (Lipinski definition) is 5. The number of para-hydroxylation sites is 1. The molecule has 0 atom stereocenters. The van der Waals surface area contributed by atoms with Gasteiger partial charge in [-0.3, -0.25) is 14.4 Å². The molecule has 3 rings (SSSR count). The van der Waals surface area contributed by atoms with E-state index in [2.05, 4.69) is 0 Å². The van der Waals surface area contributed by atoms with Crippen LogP contribution in [0.3, 0.4) is 0 Å². The maximum Gasteiger partial charge on any atom is 0.237 e. The van der Waals surface area contributed by atoms with Crippen molar-refractivity contribution < 1.29 is 14.3 Å². The van der Waals surface area contributed by atoms with Crippen molar-refractivity contribution in [3.63, 3.8) is 0 Å². The molecule has 0 unspecified atom stereocenters. The Labute approximate surface area is 130 Å². The lowest BCUT2D eigenvalue weighted by molar-refractivity contribution is 0.0488. The van der Waals surface area contributed by atoms with Crippen LogP contribution in [-0.2, 0) is 0 Å².